The molecule has 0 aliphatic heterocycles. The van der Waals surface area contributed by atoms with Crippen LogP contribution in [0.5, 0.6) is 17.2 Å². The number of thiophene rings is 1. The Bertz CT molecular complexity index is 1080. The molecule has 2 N–H and O–H groups in total. The van der Waals surface area contributed by atoms with Gasteiger partial charge >= 0.3 is 12.0 Å². The van der Waals surface area contributed by atoms with Crippen molar-refractivity contribution in [3.05, 3.63) is 41.3 Å². The van der Waals surface area contributed by atoms with E-state index in [1.165, 1.54) is 25.6 Å². The molecule has 158 valence electrons. The van der Waals surface area contributed by atoms with Crippen LogP contribution in [-0.2, 0) is 4.74 Å². The lowest BCUT2D eigenvalue weighted by Crippen LogP contribution is -2.19. The topological polar surface area (TPSA) is 95.1 Å². The molecule has 0 aliphatic carbocycles. The standard InChI is InChI=1S/C21H22N2O6S/c1-5-29-18-14-10-12(6-9-17(14)30-19(18)20(24)28-4)22-21(25)23-15-11-13(26-2)7-8-16(15)27-3/h6-11H,5H2,1-4H3,(H2,22,23,25). The zero-order valence-corrected chi connectivity index (χ0v) is 17.8. The summed E-state index contributed by atoms with van der Waals surface area (Å²) in [6, 6.07) is 9.97. The smallest absolute Gasteiger partial charge is 0.351 e. The Kier molecular flexibility index (Phi) is 6.63. The van der Waals surface area contributed by atoms with E-state index in [0.717, 1.165) is 10.1 Å². The number of ether oxygens (including phenoxy) is 4. The predicted molar refractivity (Wildman–Crippen MR) is 117 cm³/mol. The van der Waals surface area contributed by atoms with Gasteiger partial charge in [0.2, 0.25) is 0 Å². The average Bonchev–Trinajstić information content (AvgIpc) is 3.11. The molecule has 0 atom stereocenters. The van der Waals surface area contributed by atoms with Crippen LogP contribution in [0.4, 0.5) is 16.2 Å². The molecule has 0 radical (unpaired) electrons. The van der Waals surface area contributed by atoms with E-state index in [0.29, 0.717) is 40.1 Å². The van der Waals surface area contributed by atoms with Gasteiger partial charge in [0.05, 0.1) is 33.6 Å². The number of benzene rings is 2. The van der Waals surface area contributed by atoms with Gasteiger partial charge in [-0.1, -0.05) is 0 Å². The highest BCUT2D eigenvalue weighted by Gasteiger charge is 2.21. The van der Waals surface area contributed by atoms with Crippen LogP contribution >= 0.6 is 11.3 Å². The molecular weight excluding hydrogens is 408 g/mol. The summed E-state index contributed by atoms with van der Waals surface area (Å²) >= 11 is 1.28. The Morgan fingerprint density at radius 1 is 1.00 bits per heavy atom. The predicted octanol–water partition coefficient (Wildman–Crippen LogP) is 4.75. The zero-order valence-electron chi connectivity index (χ0n) is 17.0. The number of nitrogens with one attached hydrogen (secondary N) is 2. The highest BCUT2D eigenvalue weighted by molar-refractivity contribution is 7.21. The summed E-state index contributed by atoms with van der Waals surface area (Å²) < 4.78 is 21.8. The van der Waals surface area contributed by atoms with E-state index < -0.39 is 12.0 Å². The SMILES string of the molecule is CCOc1c(C(=O)OC)sc2ccc(NC(=O)Nc3cc(OC)ccc3OC)cc12. The minimum atomic E-state index is -0.461. The number of methoxy groups -OCH3 is 3. The Morgan fingerprint density at radius 3 is 2.47 bits per heavy atom. The van der Waals surface area contributed by atoms with Crippen molar-refractivity contribution in [3.63, 3.8) is 0 Å². The summed E-state index contributed by atoms with van der Waals surface area (Å²) in [5, 5.41) is 6.25. The number of hydrogen-bond donors (Lipinski definition) is 2. The number of carbonyl (C=O) groups excluding carboxylic acids is 2. The van der Waals surface area contributed by atoms with Gasteiger partial charge in [-0.25, -0.2) is 9.59 Å². The molecule has 3 aromatic rings. The third kappa shape index (κ3) is 4.41. The third-order valence-corrected chi connectivity index (χ3v) is 5.35. The van der Waals surface area contributed by atoms with Crippen molar-refractivity contribution in [2.45, 2.75) is 6.92 Å². The molecule has 2 amide bonds. The van der Waals surface area contributed by atoms with Crippen molar-refractivity contribution in [2.75, 3.05) is 38.6 Å². The second kappa shape index (κ2) is 9.36. The minimum absolute atomic E-state index is 0.386. The van der Waals surface area contributed by atoms with Gasteiger partial charge in [-0.15, -0.1) is 11.3 Å². The van der Waals surface area contributed by atoms with E-state index in [4.69, 9.17) is 18.9 Å². The van der Waals surface area contributed by atoms with Gasteiger partial charge in [0.15, 0.2) is 10.6 Å². The summed E-state index contributed by atoms with van der Waals surface area (Å²) in [4.78, 5) is 25.0. The van der Waals surface area contributed by atoms with E-state index in [1.54, 1.807) is 37.4 Å². The first-order valence-electron chi connectivity index (χ1n) is 9.08. The maximum absolute atomic E-state index is 12.5. The number of fused-ring (bicyclic) bond motifs is 1. The summed E-state index contributed by atoms with van der Waals surface area (Å²) in [6.07, 6.45) is 0. The molecular formula is C21H22N2O6S. The first-order chi connectivity index (χ1) is 14.5. The van der Waals surface area contributed by atoms with Crippen molar-refractivity contribution in [1.82, 2.24) is 0 Å². The van der Waals surface area contributed by atoms with E-state index in [1.807, 2.05) is 13.0 Å². The lowest BCUT2D eigenvalue weighted by molar-refractivity contribution is 0.0602. The Hall–Kier alpha value is -3.46. The number of hydrogen-bond acceptors (Lipinski definition) is 7. The maximum Gasteiger partial charge on any atom is 0.351 e. The average molecular weight is 430 g/mol. The molecule has 1 heterocycles. The van der Waals surface area contributed by atoms with Crippen LogP contribution in [0.15, 0.2) is 36.4 Å². The molecule has 1 aromatic heterocycles. The van der Waals surface area contributed by atoms with Gasteiger partial charge < -0.3 is 29.6 Å². The number of amides is 2. The van der Waals surface area contributed by atoms with Crippen LogP contribution in [0, 0.1) is 0 Å². The fraction of sp³-hybridized carbons (Fsp3) is 0.238. The van der Waals surface area contributed by atoms with Gasteiger partial charge in [-0.3, -0.25) is 0 Å². The molecule has 0 bridgehead atoms. The number of anilines is 2. The van der Waals surface area contributed by atoms with E-state index in [-0.39, 0.29) is 0 Å². The Labute approximate surface area is 177 Å². The van der Waals surface area contributed by atoms with Crippen molar-refractivity contribution < 1.29 is 28.5 Å². The summed E-state index contributed by atoms with van der Waals surface area (Å²) in [5.41, 5.74) is 1.01. The number of carbonyl (C=O) groups is 2. The van der Waals surface area contributed by atoms with Crippen molar-refractivity contribution in [3.8, 4) is 17.2 Å². The molecule has 0 fully saturated rings. The minimum Gasteiger partial charge on any atom is -0.497 e. The third-order valence-electron chi connectivity index (χ3n) is 4.21. The molecule has 30 heavy (non-hydrogen) atoms. The summed E-state index contributed by atoms with van der Waals surface area (Å²) in [7, 11) is 4.39. The van der Waals surface area contributed by atoms with Crippen molar-refractivity contribution in [2.24, 2.45) is 0 Å². The Morgan fingerprint density at radius 2 is 1.80 bits per heavy atom. The molecule has 0 unspecified atom stereocenters. The molecule has 0 saturated carbocycles. The highest BCUT2D eigenvalue weighted by atomic mass is 32.1. The van der Waals surface area contributed by atoms with E-state index in [2.05, 4.69) is 10.6 Å². The lowest BCUT2D eigenvalue weighted by Gasteiger charge is -2.12. The van der Waals surface area contributed by atoms with Gasteiger partial charge in [-0.05, 0) is 37.3 Å². The van der Waals surface area contributed by atoms with E-state index in [9.17, 15) is 9.59 Å². The van der Waals surface area contributed by atoms with Crippen LogP contribution < -0.4 is 24.8 Å². The highest BCUT2D eigenvalue weighted by Crippen LogP contribution is 2.39. The second-order valence-corrected chi connectivity index (χ2v) is 7.09. The van der Waals surface area contributed by atoms with Gasteiger partial charge in [0, 0.05) is 21.8 Å². The fourth-order valence-electron chi connectivity index (χ4n) is 2.86. The normalized spacial score (nSPS) is 10.4. The Balaban J connectivity index is 1.86. The van der Waals surface area contributed by atoms with Crippen LogP contribution in [0.1, 0.15) is 16.6 Å². The molecule has 0 aliphatic rings. The lowest BCUT2D eigenvalue weighted by atomic mass is 10.2. The molecule has 0 spiro atoms. The van der Waals surface area contributed by atoms with Crippen molar-refractivity contribution in [1.29, 1.82) is 0 Å². The summed E-state index contributed by atoms with van der Waals surface area (Å²) in [5.74, 6) is 1.07. The first-order valence-corrected chi connectivity index (χ1v) is 9.90. The van der Waals surface area contributed by atoms with Crippen LogP contribution in [0.3, 0.4) is 0 Å². The zero-order chi connectivity index (χ0) is 21.7. The van der Waals surface area contributed by atoms with E-state index >= 15 is 0 Å². The molecule has 0 saturated heterocycles. The number of esters is 1. The van der Waals surface area contributed by atoms with Crippen LogP contribution in [0.2, 0.25) is 0 Å². The number of urea groups is 1. The maximum atomic E-state index is 12.5. The van der Waals surface area contributed by atoms with Crippen LogP contribution in [0.25, 0.3) is 10.1 Å². The fourth-order valence-corrected chi connectivity index (χ4v) is 3.91. The summed E-state index contributed by atoms with van der Waals surface area (Å²) in [6.45, 7) is 2.23. The number of rotatable bonds is 7. The molecule has 3 rings (SSSR count). The quantitative estimate of drug-likeness (QED) is 0.526. The monoisotopic (exact) mass is 430 g/mol. The second-order valence-electron chi connectivity index (χ2n) is 6.04. The van der Waals surface area contributed by atoms with Crippen LogP contribution in [-0.4, -0.2) is 39.9 Å². The molecule has 9 heteroatoms. The molecule has 8 nitrogen and oxygen atoms in total. The van der Waals surface area contributed by atoms with Gasteiger partial charge in [-0.2, -0.15) is 0 Å². The molecule has 2 aromatic carbocycles. The largest absolute Gasteiger partial charge is 0.497 e. The first kappa shape index (κ1) is 21.3. The van der Waals surface area contributed by atoms with Crippen molar-refractivity contribution >= 4 is 44.8 Å². The van der Waals surface area contributed by atoms with Gasteiger partial charge in [0.25, 0.3) is 0 Å². The van der Waals surface area contributed by atoms with Gasteiger partial charge in [0.1, 0.15) is 11.5 Å².